The summed E-state index contributed by atoms with van der Waals surface area (Å²) in [7, 11) is 0. The van der Waals surface area contributed by atoms with Gasteiger partial charge in [-0.25, -0.2) is 9.37 Å². The van der Waals surface area contributed by atoms with Gasteiger partial charge >= 0.3 is 0 Å². The van der Waals surface area contributed by atoms with Crippen molar-refractivity contribution in [1.82, 2.24) is 14.5 Å². The molecule has 4 rings (SSSR count). The summed E-state index contributed by atoms with van der Waals surface area (Å²) in [6.45, 7) is 3.06. The van der Waals surface area contributed by atoms with Crippen molar-refractivity contribution < 1.29 is 4.39 Å². The Morgan fingerprint density at radius 1 is 1.21 bits per heavy atom. The second-order valence-electron chi connectivity index (χ2n) is 6.69. The highest BCUT2D eigenvalue weighted by Crippen LogP contribution is 2.29. The van der Waals surface area contributed by atoms with E-state index in [0.29, 0.717) is 28.7 Å². The second-order valence-corrected chi connectivity index (χ2v) is 6.69. The SMILES string of the molecule is Cc1cc(F)cc2c(NCc3cccc(Cn4ccnc4)c3)c(C#N)cnc12. The minimum atomic E-state index is -0.340. The lowest BCUT2D eigenvalue weighted by molar-refractivity contribution is 0.628. The summed E-state index contributed by atoms with van der Waals surface area (Å²) >= 11 is 0. The molecular weight excluding hydrogens is 353 g/mol. The zero-order valence-corrected chi connectivity index (χ0v) is 15.4. The standard InChI is InChI=1S/C22H18FN5/c1-15-7-19(23)9-20-21(15)27-12-18(10-24)22(20)26-11-16-3-2-4-17(8-16)13-28-6-5-25-14-28/h2-9,12,14H,11,13H2,1H3,(H,26,27). The van der Waals surface area contributed by atoms with Crippen LogP contribution in [0.1, 0.15) is 22.3 Å². The summed E-state index contributed by atoms with van der Waals surface area (Å²) in [5.41, 5.74) is 4.66. The number of nitrogens with one attached hydrogen (secondary N) is 1. The molecule has 0 aliphatic heterocycles. The maximum Gasteiger partial charge on any atom is 0.124 e. The quantitative estimate of drug-likeness (QED) is 0.564. The van der Waals surface area contributed by atoms with E-state index in [1.807, 2.05) is 29.8 Å². The summed E-state index contributed by atoms with van der Waals surface area (Å²) in [5.74, 6) is -0.340. The Balaban J connectivity index is 1.63. The molecule has 0 saturated carbocycles. The van der Waals surface area contributed by atoms with E-state index in [9.17, 15) is 9.65 Å². The number of imidazole rings is 1. The molecule has 0 spiro atoms. The molecule has 2 aromatic heterocycles. The molecule has 0 aliphatic rings. The molecule has 0 fully saturated rings. The Morgan fingerprint density at radius 2 is 2.07 bits per heavy atom. The normalized spacial score (nSPS) is 10.8. The minimum absolute atomic E-state index is 0.340. The predicted molar refractivity (Wildman–Crippen MR) is 106 cm³/mol. The van der Waals surface area contributed by atoms with Crippen LogP contribution in [0.4, 0.5) is 10.1 Å². The molecular formula is C22H18FN5. The zero-order chi connectivity index (χ0) is 19.5. The zero-order valence-electron chi connectivity index (χ0n) is 15.4. The van der Waals surface area contributed by atoms with E-state index in [4.69, 9.17) is 0 Å². The molecule has 138 valence electrons. The fourth-order valence-corrected chi connectivity index (χ4v) is 3.33. The largest absolute Gasteiger partial charge is 0.379 e. The van der Waals surface area contributed by atoms with Gasteiger partial charge in [0.25, 0.3) is 0 Å². The molecule has 2 heterocycles. The lowest BCUT2D eigenvalue weighted by Crippen LogP contribution is -2.05. The van der Waals surface area contributed by atoms with Crippen molar-refractivity contribution in [3.05, 3.63) is 89.4 Å². The first kappa shape index (κ1) is 17.7. The van der Waals surface area contributed by atoms with Crippen LogP contribution in [0.15, 0.2) is 61.3 Å². The van der Waals surface area contributed by atoms with Crippen molar-refractivity contribution in [2.24, 2.45) is 0 Å². The molecule has 0 bridgehead atoms. The fourth-order valence-electron chi connectivity index (χ4n) is 3.33. The first-order valence-electron chi connectivity index (χ1n) is 8.90. The third-order valence-corrected chi connectivity index (χ3v) is 4.63. The van der Waals surface area contributed by atoms with E-state index in [-0.39, 0.29) is 5.82 Å². The highest BCUT2D eigenvalue weighted by Gasteiger charge is 2.12. The molecule has 0 amide bonds. The van der Waals surface area contributed by atoms with Crippen molar-refractivity contribution >= 4 is 16.6 Å². The molecule has 5 nitrogen and oxygen atoms in total. The molecule has 6 heteroatoms. The van der Waals surface area contributed by atoms with Gasteiger partial charge in [0.1, 0.15) is 11.9 Å². The van der Waals surface area contributed by atoms with E-state index >= 15 is 0 Å². The van der Waals surface area contributed by atoms with Gasteiger partial charge in [-0.1, -0.05) is 24.3 Å². The van der Waals surface area contributed by atoms with Crippen LogP contribution in [-0.4, -0.2) is 14.5 Å². The highest BCUT2D eigenvalue weighted by molar-refractivity contribution is 5.95. The molecule has 0 atom stereocenters. The van der Waals surface area contributed by atoms with Crippen LogP contribution in [-0.2, 0) is 13.1 Å². The Labute approximate surface area is 162 Å². The number of fused-ring (bicyclic) bond motifs is 1. The molecule has 2 aromatic carbocycles. The van der Waals surface area contributed by atoms with Gasteiger partial charge in [0.05, 0.1) is 23.1 Å². The number of hydrogen-bond donors (Lipinski definition) is 1. The van der Waals surface area contributed by atoms with Crippen LogP contribution >= 0.6 is 0 Å². The van der Waals surface area contributed by atoms with Crippen molar-refractivity contribution in [3.63, 3.8) is 0 Å². The van der Waals surface area contributed by atoms with Crippen LogP contribution in [0.2, 0.25) is 0 Å². The van der Waals surface area contributed by atoms with Gasteiger partial charge in [-0.05, 0) is 35.7 Å². The van der Waals surface area contributed by atoms with Crippen molar-refractivity contribution in [2.45, 2.75) is 20.0 Å². The number of nitriles is 1. The Morgan fingerprint density at radius 3 is 2.86 bits per heavy atom. The van der Waals surface area contributed by atoms with E-state index in [1.165, 1.54) is 18.3 Å². The number of aryl methyl sites for hydroxylation is 1. The lowest BCUT2D eigenvalue weighted by atomic mass is 10.1. The predicted octanol–water partition coefficient (Wildman–Crippen LogP) is 4.41. The summed E-state index contributed by atoms with van der Waals surface area (Å²) < 4.78 is 16.0. The maximum atomic E-state index is 14.0. The second kappa shape index (κ2) is 7.49. The van der Waals surface area contributed by atoms with Gasteiger partial charge in [-0.3, -0.25) is 4.98 Å². The first-order chi connectivity index (χ1) is 13.6. The third-order valence-electron chi connectivity index (χ3n) is 4.63. The number of nitrogens with zero attached hydrogens (tertiary/aromatic N) is 4. The van der Waals surface area contributed by atoms with Gasteiger partial charge in [0.15, 0.2) is 0 Å². The summed E-state index contributed by atoms with van der Waals surface area (Å²) in [4.78, 5) is 8.39. The van der Waals surface area contributed by atoms with Crippen LogP contribution in [0.3, 0.4) is 0 Å². The number of aromatic nitrogens is 3. The highest BCUT2D eigenvalue weighted by atomic mass is 19.1. The van der Waals surface area contributed by atoms with Crippen molar-refractivity contribution in [1.29, 1.82) is 5.26 Å². The van der Waals surface area contributed by atoms with Gasteiger partial charge in [-0.15, -0.1) is 0 Å². The molecule has 0 saturated heterocycles. The molecule has 0 aliphatic carbocycles. The number of anilines is 1. The van der Waals surface area contributed by atoms with Gasteiger partial charge < -0.3 is 9.88 Å². The molecule has 28 heavy (non-hydrogen) atoms. The average Bonchev–Trinajstić information content (AvgIpc) is 3.19. The summed E-state index contributed by atoms with van der Waals surface area (Å²) in [5, 5.41) is 13.4. The maximum absolute atomic E-state index is 14.0. The summed E-state index contributed by atoms with van der Waals surface area (Å²) in [6, 6.07) is 13.2. The van der Waals surface area contributed by atoms with E-state index in [2.05, 4.69) is 33.5 Å². The lowest BCUT2D eigenvalue weighted by Gasteiger charge is -2.13. The average molecular weight is 371 g/mol. The third kappa shape index (κ3) is 3.55. The summed E-state index contributed by atoms with van der Waals surface area (Å²) in [6.07, 6.45) is 6.99. The Bertz CT molecular complexity index is 1180. The van der Waals surface area contributed by atoms with Crippen molar-refractivity contribution in [2.75, 3.05) is 5.32 Å². The van der Waals surface area contributed by atoms with Gasteiger partial charge in [0, 0.05) is 37.1 Å². The fraction of sp³-hybridized carbons (Fsp3) is 0.136. The number of halogens is 1. The molecule has 0 radical (unpaired) electrons. The molecule has 0 unspecified atom stereocenters. The van der Waals surface area contributed by atoms with E-state index < -0.39 is 0 Å². The van der Waals surface area contributed by atoms with E-state index in [0.717, 1.165) is 23.2 Å². The number of benzene rings is 2. The van der Waals surface area contributed by atoms with E-state index in [1.54, 1.807) is 12.5 Å². The first-order valence-corrected chi connectivity index (χ1v) is 8.90. The van der Waals surface area contributed by atoms with Crippen LogP contribution < -0.4 is 5.32 Å². The van der Waals surface area contributed by atoms with Crippen LogP contribution in [0.25, 0.3) is 10.9 Å². The smallest absolute Gasteiger partial charge is 0.124 e. The topological polar surface area (TPSA) is 66.5 Å². The Kier molecular flexibility index (Phi) is 4.73. The monoisotopic (exact) mass is 371 g/mol. The number of rotatable bonds is 5. The van der Waals surface area contributed by atoms with Gasteiger partial charge in [0.2, 0.25) is 0 Å². The number of pyridine rings is 1. The van der Waals surface area contributed by atoms with Gasteiger partial charge in [-0.2, -0.15) is 5.26 Å². The van der Waals surface area contributed by atoms with Crippen LogP contribution in [0, 0.1) is 24.1 Å². The minimum Gasteiger partial charge on any atom is -0.379 e. The molecule has 1 N–H and O–H groups in total. The Hall–Kier alpha value is -3.72. The van der Waals surface area contributed by atoms with Crippen molar-refractivity contribution in [3.8, 4) is 6.07 Å². The van der Waals surface area contributed by atoms with Crippen LogP contribution in [0.5, 0.6) is 0 Å². The number of hydrogen-bond acceptors (Lipinski definition) is 4. The molecule has 4 aromatic rings.